The van der Waals surface area contributed by atoms with E-state index in [1.165, 1.54) is 24.0 Å². The van der Waals surface area contributed by atoms with Gasteiger partial charge in [0.1, 0.15) is 5.75 Å². The molecule has 5 heteroatoms. The van der Waals surface area contributed by atoms with E-state index < -0.39 is 0 Å². The largest absolute Gasteiger partial charge is 0.508 e. The van der Waals surface area contributed by atoms with Crippen molar-refractivity contribution in [3.8, 4) is 5.75 Å². The van der Waals surface area contributed by atoms with Gasteiger partial charge in [-0.25, -0.2) is 4.99 Å². The van der Waals surface area contributed by atoms with Crippen molar-refractivity contribution in [2.45, 2.75) is 58.0 Å². The molecule has 27 heavy (non-hydrogen) atoms. The number of aliphatic imine (C=N–C) groups is 1. The number of likely N-dealkylation sites (tertiary alicyclic amines) is 1. The maximum absolute atomic E-state index is 10.4. The van der Waals surface area contributed by atoms with Crippen LogP contribution in [0.3, 0.4) is 0 Å². The number of nitrogens with one attached hydrogen (secondary N) is 2. The van der Waals surface area contributed by atoms with Crippen LogP contribution in [-0.2, 0) is 19.4 Å². The molecule has 1 aromatic carbocycles. The second-order valence-corrected chi connectivity index (χ2v) is 7.61. The van der Waals surface area contributed by atoms with Crippen molar-refractivity contribution in [1.82, 2.24) is 15.5 Å². The van der Waals surface area contributed by atoms with Gasteiger partial charge in [-0.05, 0) is 62.6 Å². The molecule has 1 aliphatic carbocycles. The molecule has 1 saturated heterocycles. The molecule has 1 aliphatic heterocycles. The Hall–Kier alpha value is -2.01. The second kappa shape index (κ2) is 9.79. The lowest BCUT2D eigenvalue weighted by Gasteiger charge is -2.32. The number of phenols is 1. The topological polar surface area (TPSA) is 59.9 Å². The van der Waals surface area contributed by atoms with Crippen molar-refractivity contribution < 1.29 is 5.11 Å². The molecule has 148 valence electrons. The van der Waals surface area contributed by atoms with Crippen LogP contribution in [0, 0.1) is 0 Å². The third-order valence-electron chi connectivity index (χ3n) is 5.68. The molecule has 0 spiro atoms. The number of guanidine groups is 1. The molecule has 0 bridgehead atoms. The van der Waals surface area contributed by atoms with Crippen molar-refractivity contribution in [2.75, 3.05) is 26.2 Å². The van der Waals surface area contributed by atoms with E-state index in [0.29, 0.717) is 18.3 Å². The molecule has 1 heterocycles. The molecule has 1 aromatic rings. The Morgan fingerprint density at radius 1 is 1.30 bits per heavy atom. The zero-order valence-corrected chi connectivity index (χ0v) is 16.6. The fraction of sp³-hybridized carbons (Fsp3) is 0.591. The molecule has 3 N–H and O–H groups in total. The second-order valence-electron chi connectivity index (χ2n) is 7.61. The van der Waals surface area contributed by atoms with Crippen LogP contribution in [0.15, 0.2) is 29.8 Å². The molecule has 0 atom stereocenters. The maximum Gasteiger partial charge on any atom is 0.191 e. The standard InChI is InChI=1S/C22H34N4O/c1-3-13-26-14-11-18(12-15-26)25-22(23-4-2)24-16-20-19-8-6-5-7-17(19)9-10-21(20)27/h3,9-10,18,27H,1,4-8,11-16H2,2H3,(H2,23,24,25). The average Bonchev–Trinajstić information content (AvgIpc) is 2.69. The number of fused-ring (bicyclic) bond motifs is 1. The smallest absolute Gasteiger partial charge is 0.191 e. The molecule has 0 saturated carbocycles. The predicted octanol–water partition coefficient (Wildman–Crippen LogP) is 2.98. The number of rotatable bonds is 6. The third kappa shape index (κ3) is 5.25. The predicted molar refractivity (Wildman–Crippen MR) is 112 cm³/mol. The van der Waals surface area contributed by atoms with Gasteiger partial charge in [-0.15, -0.1) is 6.58 Å². The Bertz CT molecular complexity index is 663. The van der Waals surface area contributed by atoms with E-state index in [0.717, 1.165) is 63.4 Å². The normalized spacial score (nSPS) is 18.8. The minimum Gasteiger partial charge on any atom is -0.508 e. The lowest BCUT2D eigenvalue weighted by molar-refractivity contribution is 0.225. The van der Waals surface area contributed by atoms with Crippen LogP contribution in [0.2, 0.25) is 0 Å². The Morgan fingerprint density at radius 3 is 2.81 bits per heavy atom. The molecule has 0 unspecified atom stereocenters. The summed E-state index contributed by atoms with van der Waals surface area (Å²) in [5, 5.41) is 17.3. The summed E-state index contributed by atoms with van der Waals surface area (Å²) in [6.07, 6.45) is 8.83. The lowest BCUT2D eigenvalue weighted by Crippen LogP contribution is -2.48. The number of hydrogen-bond donors (Lipinski definition) is 3. The fourth-order valence-electron chi connectivity index (χ4n) is 4.18. The molecule has 0 radical (unpaired) electrons. The van der Waals surface area contributed by atoms with E-state index in [2.05, 4.69) is 35.1 Å². The molecule has 1 fully saturated rings. The number of nitrogens with zero attached hydrogens (tertiary/aromatic N) is 2. The summed E-state index contributed by atoms with van der Waals surface area (Å²) in [7, 11) is 0. The highest BCUT2D eigenvalue weighted by atomic mass is 16.3. The van der Waals surface area contributed by atoms with Crippen LogP contribution in [0.5, 0.6) is 5.75 Å². The van der Waals surface area contributed by atoms with Crippen molar-refractivity contribution >= 4 is 5.96 Å². The van der Waals surface area contributed by atoms with E-state index in [1.54, 1.807) is 0 Å². The summed E-state index contributed by atoms with van der Waals surface area (Å²) in [5.41, 5.74) is 3.71. The van der Waals surface area contributed by atoms with Crippen LogP contribution in [0.1, 0.15) is 49.3 Å². The van der Waals surface area contributed by atoms with Crippen LogP contribution in [0.25, 0.3) is 0 Å². The molecule has 5 nitrogen and oxygen atoms in total. The molecule has 2 aliphatic rings. The lowest BCUT2D eigenvalue weighted by atomic mass is 9.88. The van der Waals surface area contributed by atoms with Gasteiger partial charge >= 0.3 is 0 Å². The Kier molecular flexibility index (Phi) is 7.16. The summed E-state index contributed by atoms with van der Waals surface area (Å²) >= 11 is 0. The minimum atomic E-state index is 0.382. The number of aromatic hydroxyl groups is 1. The van der Waals surface area contributed by atoms with E-state index in [9.17, 15) is 5.11 Å². The van der Waals surface area contributed by atoms with Crippen molar-refractivity contribution in [2.24, 2.45) is 4.99 Å². The number of benzene rings is 1. The Balaban J connectivity index is 1.65. The highest BCUT2D eigenvalue weighted by Crippen LogP contribution is 2.31. The average molecular weight is 371 g/mol. The van der Waals surface area contributed by atoms with Gasteiger partial charge in [0.25, 0.3) is 0 Å². The van der Waals surface area contributed by atoms with Crippen LogP contribution in [0.4, 0.5) is 0 Å². The first kappa shape index (κ1) is 19.7. The summed E-state index contributed by atoms with van der Waals surface area (Å²) in [5.74, 6) is 1.24. The maximum atomic E-state index is 10.4. The van der Waals surface area contributed by atoms with Crippen LogP contribution in [-0.4, -0.2) is 48.2 Å². The molecule has 3 rings (SSSR count). The Morgan fingerprint density at radius 2 is 2.07 bits per heavy atom. The van der Waals surface area contributed by atoms with Gasteiger partial charge in [0, 0.05) is 37.8 Å². The molecule has 0 aromatic heterocycles. The van der Waals surface area contributed by atoms with Gasteiger partial charge in [-0.1, -0.05) is 12.1 Å². The van der Waals surface area contributed by atoms with Gasteiger partial charge in [-0.2, -0.15) is 0 Å². The quantitative estimate of drug-likeness (QED) is 0.409. The van der Waals surface area contributed by atoms with Crippen molar-refractivity contribution in [1.29, 1.82) is 0 Å². The minimum absolute atomic E-state index is 0.382. The monoisotopic (exact) mass is 370 g/mol. The highest BCUT2D eigenvalue weighted by Gasteiger charge is 2.20. The van der Waals surface area contributed by atoms with Crippen LogP contribution < -0.4 is 10.6 Å². The highest BCUT2D eigenvalue weighted by molar-refractivity contribution is 5.80. The van der Waals surface area contributed by atoms with Gasteiger partial charge in [0.15, 0.2) is 5.96 Å². The van der Waals surface area contributed by atoms with E-state index in [4.69, 9.17) is 4.99 Å². The summed E-state index contributed by atoms with van der Waals surface area (Å²) in [4.78, 5) is 7.24. The van der Waals surface area contributed by atoms with Crippen LogP contribution >= 0.6 is 0 Å². The number of piperidine rings is 1. The van der Waals surface area contributed by atoms with Gasteiger partial charge in [0.2, 0.25) is 0 Å². The zero-order chi connectivity index (χ0) is 19.1. The molecule has 0 amide bonds. The van der Waals surface area contributed by atoms with E-state index in [-0.39, 0.29) is 0 Å². The van der Waals surface area contributed by atoms with Crippen molar-refractivity contribution in [3.05, 3.63) is 41.5 Å². The fourth-order valence-corrected chi connectivity index (χ4v) is 4.18. The van der Waals surface area contributed by atoms with E-state index in [1.807, 2.05) is 12.1 Å². The Labute approximate surface area is 163 Å². The molecular formula is C22H34N4O. The number of hydrogen-bond acceptors (Lipinski definition) is 3. The number of phenolic OH excluding ortho intramolecular Hbond substituents is 1. The summed E-state index contributed by atoms with van der Waals surface area (Å²) in [6.45, 7) is 10.4. The first-order valence-electron chi connectivity index (χ1n) is 10.4. The van der Waals surface area contributed by atoms with Gasteiger partial charge in [0.05, 0.1) is 6.54 Å². The van der Waals surface area contributed by atoms with E-state index >= 15 is 0 Å². The SMILES string of the molecule is C=CCN1CCC(NC(=NCc2c(O)ccc3c2CCCC3)NCC)CC1. The van der Waals surface area contributed by atoms with Gasteiger partial charge < -0.3 is 15.7 Å². The third-order valence-corrected chi connectivity index (χ3v) is 5.68. The van der Waals surface area contributed by atoms with Gasteiger partial charge in [-0.3, -0.25) is 4.90 Å². The zero-order valence-electron chi connectivity index (χ0n) is 16.6. The molecular weight excluding hydrogens is 336 g/mol. The first-order valence-corrected chi connectivity index (χ1v) is 10.4. The summed E-state index contributed by atoms with van der Waals surface area (Å²) in [6, 6.07) is 4.37. The summed E-state index contributed by atoms with van der Waals surface area (Å²) < 4.78 is 0. The first-order chi connectivity index (χ1) is 13.2. The van der Waals surface area contributed by atoms with Crippen molar-refractivity contribution in [3.63, 3.8) is 0 Å². The number of aryl methyl sites for hydroxylation is 1.